The molecule has 0 fully saturated rings. The molecule has 2 aromatic heterocycles. The molecule has 114 valence electrons. The Kier molecular flexibility index (Phi) is 4.21. The molecule has 3 aromatic rings. The van der Waals surface area contributed by atoms with Gasteiger partial charge in [0.1, 0.15) is 18.2 Å². The van der Waals surface area contributed by atoms with Gasteiger partial charge in [0.25, 0.3) is 0 Å². The average molecular weight is 371 g/mol. The van der Waals surface area contributed by atoms with Crippen molar-refractivity contribution in [3.8, 4) is 11.8 Å². The van der Waals surface area contributed by atoms with Crippen LogP contribution in [0, 0.1) is 11.3 Å². The molecule has 1 amide bonds. The number of para-hydroxylation sites is 1. The average Bonchev–Trinajstić information content (AvgIpc) is 3.14. The van der Waals surface area contributed by atoms with Crippen molar-refractivity contribution in [2.45, 2.75) is 6.54 Å². The number of rotatable bonds is 4. The van der Waals surface area contributed by atoms with Gasteiger partial charge >= 0.3 is 0 Å². The van der Waals surface area contributed by atoms with Gasteiger partial charge in [-0.1, -0.05) is 18.2 Å². The normalized spacial score (nSPS) is 10.3. The minimum absolute atomic E-state index is 0.0381. The smallest absolute Gasteiger partial charge is 0.247 e. The highest BCUT2D eigenvalue weighted by Gasteiger charge is 2.15. The van der Waals surface area contributed by atoms with Gasteiger partial charge in [-0.3, -0.25) is 9.48 Å². The van der Waals surface area contributed by atoms with Crippen LogP contribution >= 0.6 is 15.9 Å². The summed E-state index contributed by atoms with van der Waals surface area (Å²) < 4.78 is 3.81. The number of halogens is 1. The molecule has 0 atom stereocenters. The van der Waals surface area contributed by atoms with Crippen LogP contribution in [-0.2, 0) is 11.3 Å². The fourth-order valence-corrected chi connectivity index (χ4v) is 2.39. The number of benzene rings is 1. The molecular formula is C15H11BrN6O. The molecule has 8 heteroatoms. The lowest BCUT2D eigenvalue weighted by Gasteiger charge is -2.09. The molecule has 0 bridgehead atoms. The van der Waals surface area contributed by atoms with Gasteiger partial charge in [0.2, 0.25) is 5.91 Å². The molecule has 1 aromatic carbocycles. The SMILES string of the molecule is N#Cc1cnn(-c2ccccc2)c1NC(=O)Cn1cc(Br)cn1. The summed E-state index contributed by atoms with van der Waals surface area (Å²) in [7, 11) is 0. The zero-order valence-corrected chi connectivity index (χ0v) is 13.4. The van der Waals surface area contributed by atoms with Crippen LogP contribution in [0.3, 0.4) is 0 Å². The second-order valence-electron chi connectivity index (χ2n) is 4.67. The molecule has 0 saturated heterocycles. The molecule has 0 saturated carbocycles. The number of carbonyl (C=O) groups is 1. The van der Waals surface area contributed by atoms with Crippen LogP contribution in [-0.4, -0.2) is 25.5 Å². The lowest BCUT2D eigenvalue weighted by Crippen LogP contribution is -2.21. The molecule has 1 N–H and O–H groups in total. The summed E-state index contributed by atoms with van der Waals surface area (Å²) in [6, 6.07) is 11.3. The van der Waals surface area contributed by atoms with Crippen LogP contribution in [0.5, 0.6) is 0 Å². The molecule has 0 spiro atoms. The van der Waals surface area contributed by atoms with Crippen LogP contribution in [0.15, 0.2) is 53.4 Å². The van der Waals surface area contributed by atoms with Gasteiger partial charge in [-0.25, -0.2) is 4.68 Å². The summed E-state index contributed by atoms with van der Waals surface area (Å²) in [6.45, 7) is 0.0381. The molecule has 7 nitrogen and oxygen atoms in total. The molecule has 0 unspecified atom stereocenters. The Bertz CT molecular complexity index is 877. The molecule has 0 radical (unpaired) electrons. The Labute approximate surface area is 140 Å². The zero-order chi connectivity index (χ0) is 16.2. The maximum absolute atomic E-state index is 12.2. The highest BCUT2D eigenvalue weighted by Crippen LogP contribution is 2.19. The highest BCUT2D eigenvalue weighted by atomic mass is 79.9. The van der Waals surface area contributed by atoms with E-state index in [1.165, 1.54) is 15.6 Å². The van der Waals surface area contributed by atoms with Gasteiger partial charge in [0, 0.05) is 6.20 Å². The number of hydrogen-bond donors (Lipinski definition) is 1. The van der Waals surface area contributed by atoms with Crippen molar-refractivity contribution < 1.29 is 4.79 Å². The van der Waals surface area contributed by atoms with Crippen molar-refractivity contribution in [3.63, 3.8) is 0 Å². The second-order valence-corrected chi connectivity index (χ2v) is 5.59. The van der Waals surface area contributed by atoms with Crippen molar-refractivity contribution in [2.24, 2.45) is 0 Å². The van der Waals surface area contributed by atoms with E-state index >= 15 is 0 Å². The molecule has 0 aliphatic carbocycles. The first-order valence-electron chi connectivity index (χ1n) is 6.69. The van der Waals surface area contributed by atoms with Crippen LogP contribution in [0.25, 0.3) is 5.69 Å². The fourth-order valence-electron chi connectivity index (χ4n) is 2.06. The Hall–Kier alpha value is -2.92. The second kappa shape index (κ2) is 6.46. The first kappa shape index (κ1) is 15.0. The first-order chi connectivity index (χ1) is 11.2. The molecule has 0 aliphatic heterocycles. The number of nitriles is 1. The van der Waals surface area contributed by atoms with E-state index in [2.05, 4.69) is 31.4 Å². The number of nitrogens with zero attached hydrogens (tertiary/aromatic N) is 5. The Morgan fingerprint density at radius 1 is 1.26 bits per heavy atom. The van der Waals surface area contributed by atoms with E-state index in [0.29, 0.717) is 11.4 Å². The van der Waals surface area contributed by atoms with Gasteiger partial charge < -0.3 is 5.32 Å². The van der Waals surface area contributed by atoms with E-state index < -0.39 is 0 Å². The maximum Gasteiger partial charge on any atom is 0.247 e. The largest absolute Gasteiger partial charge is 0.308 e. The number of nitrogens with one attached hydrogen (secondary N) is 1. The van der Waals surface area contributed by atoms with Gasteiger partial charge in [0.05, 0.1) is 22.6 Å². The van der Waals surface area contributed by atoms with E-state index in [4.69, 9.17) is 0 Å². The number of anilines is 1. The van der Waals surface area contributed by atoms with E-state index in [9.17, 15) is 10.1 Å². The predicted octanol–water partition coefficient (Wildman–Crippen LogP) is 2.34. The van der Waals surface area contributed by atoms with Crippen LogP contribution in [0.4, 0.5) is 5.82 Å². The zero-order valence-electron chi connectivity index (χ0n) is 11.8. The van der Waals surface area contributed by atoms with Crippen LogP contribution < -0.4 is 5.32 Å². The summed E-state index contributed by atoms with van der Waals surface area (Å²) >= 11 is 3.28. The Morgan fingerprint density at radius 2 is 2.04 bits per heavy atom. The van der Waals surface area contributed by atoms with Crippen molar-refractivity contribution in [1.29, 1.82) is 5.26 Å². The minimum atomic E-state index is -0.296. The monoisotopic (exact) mass is 370 g/mol. The number of amides is 1. The van der Waals surface area contributed by atoms with Crippen molar-refractivity contribution in [3.05, 3.63) is 59.0 Å². The minimum Gasteiger partial charge on any atom is -0.308 e. The summed E-state index contributed by atoms with van der Waals surface area (Å²) in [5, 5.41) is 20.1. The van der Waals surface area contributed by atoms with E-state index in [0.717, 1.165) is 10.2 Å². The summed E-state index contributed by atoms with van der Waals surface area (Å²) in [6.07, 6.45) is 4.72. The Balaban J connectivity index is 1.86. The molecule has 0 aliphatic rings. The predicted molar refractivity (Wildman–Crippen MR) is 86.8 cm³/mol. The van der Waals surface area contributed by atoms with Crippen LogP contribution in [0.2, 0.25) is 0 Å². The van der Waals surface area contributed by atoms with Crippen molar-refractivity contribution in [1.82, 2.24) is 19.6 Å². The summed E-state index contributed by atoms with van der Waals surface area (Å²) in [4.78, 5) is 12.2. The van der Waals surface area contributed by atoms with Gasteiger partial charge in [-0.05, 0) is 28.1 Å². The van der Waals surface area contributed by atoms with E-state index in [1.807, 2.05) is 36.4 Å². The Morgan fingerprint density at radius 3 is 2.70 bits per heavy atom. The van der Waals surface area contributed by atoms with Gasteiger partial charge in [0.15, 0.2) is 5.82 Å². The first-order valence-corrected chi connectivity index (χ1v) is 7.48. The van der Waals surface area contributed by atoms with Crippen LogP contribution in [0.1, 0.15) is 5.56 Å². The van der Waals surface area contributed by atoms with Gasteiger partial charge in [-0.2, -0.15) is 15.5 Å². The van der Waals surface area contributed by atoms with Gasteiger partial charge in [-0.15, -0.1) is 0 Å². The third kappa shape index (κ3) is 3.30. The van der Waals surface area contributed by atoms with Crippen molar-refractivity contribution >= 4 is 27.7 Å². The number of hydrogen-bond acceptors (Lipinski definition) is 4. The third-order valence-corrected chi connectivity index (χ3v) is 3.47. The topological polar surface area (TPSA) is 88.5 Å². The lowest BCUT2D eigenvalue weighted by molar-refractivity contribution is -0.116. The molecule has 23 heavy (non-hydrogen) atoms. The number of carbonyl (C=O) groups excluding carboxylic acids is 1. The molecule has 2 heterocycles. The highest BCUT2D eigenvalue weighted by molar-refractivity contribution is 9.10. The molecular weight excluding hydrogens is 360 g/mol. The van der Waals surface area contributed by atoms with E-state index in [1.54, 1.807) is 12.4 Å². The standard InChI is InChI=1S/C15H11BrN6O/c16-12-8-18-21(9-12)10-14(23)20-15-11(6-17)7-19-22(15)13-4-2-1-3-5-13/h1-5,7-9H,10H2,(H,20,23). The molecule has 3 rings (SSSR count). The lowest BCUT2D eigenvalue weighted by atomic mass is 10.3. The fraction of sp³-hybridized carbons (Fsp3) is 0.0667. The van der Waals surface area contributed by atoms with E-state index in [-0.39, 0.29) is 12.5 Å². The number of aromatic nitrogens is 4. The third-order valence-electron chi connectivity index (χ3n) is 3.06. The van der Waals surface area contributed by atoms with Crippen molar-refractivity contribution in [2.75, 3.05) is 5.32 Å². The summed E-state index contributed by atoms with van der Waals surface area (Å²) in [5.41, 5.74) is 1.05. The summed E-state index contributed by atoms with van der Waals surface area (Å²) in [5.74, 6) is 0.0460. The maximum atomic E-state index is 12.2. The quantitative estimate of drug-likeness (QED) is 0.763.